The Morgan fingerprint density at radius 3 is 2.06 bits per heavy atom. The predicted octanol–water partition coefficient (Wildman–Crippen LogP) is 12.8. The van der Waals surface area contributed by atoms with Gasteiger partial charge in [0.2, 0.25) is 0 Å². The highest BCUT2D eigenvalue weighted by atomic mass is 16.3. The molecule has 0 fully saturated rings. The number of rotatable bonds is 5. The molecule has 3 aromatic heterocycles. The van der Waals surface area contributed by atoms with Gasteiger partial charge in [0.05, 0.1) is 22.3 Å². The third-order valence-electron chi connectivity index (χ3n) is 10.7. The van der Waals surface area contributed by atoms with Crippen molar-refractivity contribution in [1.82, 2.24) is 19.5 Å². The van der Waals surface area contributed by atoms with Crippen LogP contribution < -0.4 is 0 Å². The summed E-state index contributed by atoms with van der Waals surface area (Å²) in [5.41, 5.74) is 10.1. The average Bonchev–Trinajstić information content (AvgIpc) is 3.78. The number of allylic oxidation sites excluding steroid dienone is 4. The molecule has 5 nitrogen and oxygen atoms in total. The fraction of sp³-hybridized carbons (Fsp3) is 0.0408. The number of para-hydroxylation sites is 1. The minimum Gasteiger partial charge on any atom is -0.456 e. The Hall–Kier alpha value is -7.11. The molecule has 0 spiro atoms. The van der Waals surface area contributed by atoms with Gasteiger partial charge >= 0.3 is 0 Å². The van der Waals surface area contributed by atoms with Gasteiger partial charge in [-0.05, 0) is 76.7 Å². The summed E-state index contributed by atoms with van der Waals surface area (Å²) < 4.78 is 8.97. The Balaban J connectivity index is 1.31. The summed E-state index contributed by atoms with van der Waals surface area (Å²) in [5, 5.41) is 6.76. The van der Waals surface area contributed by atoms with E-state index < -0.39 is 0 Å². The van der Waals surface area contributed by atoms with E-state index in [9.17, 15) is 0 Å². The van der Waals surface area contributed by atoms with Crippen molar-refractivity contribution in [3.63, 3.8) is 0 Å². The maximum absolute atomic E-state index is 6.56. The van der Waals surface area contributed by atoms with Gasteiger partial charge in [-0.15, -0.1) is 0 Å². The molecule has 54 heavy (non-hydrogen) atoms. The van der Waals surface area contributed by atoms with E-state index in [0.29, 0.717) is 17.5 Å². The lowest BCUT2D eigenvalue weighted by molar-refractivity contribution is 0.669. The molecule has 254 valence electrons. The quantitative estimate of drug-likeness (QED) is 0.180. The molecule has 11 rings (SSSR count). The lowest BCUT2D eigenvalue weighted by Crippen LogP contribution is -2.06. The van der Waals surface area contributed by atoms with E-state index in [1.165, 1.54) is 32.7 Å². The van der Waals surface area contributed by atoms with Gasteiger partial charge < -0.3 is 8.98 Å². The van der Waals surface area contributed by atoms with E-state index in [0.717, 1.165) is 68.2 Å². The van der Waals surface area contributed by atoms with Gasteiger partial charge in [-0.2, -0.15) is 0 Å². The highest BCUT2D eigenvalue weighted by Crippen LogP contribution is 2.45. The SMILES string of the molecule is C1=CCCC(c2nc(-c3ccccc3)nc(-c3c(-n4c5cc6ccccc6cc5c5c(-c6ccccc6)cccc54)ccc4oc5ccccc5c34)n2)=C1. The molecule has 0 saturated carbocycles. The Morgan fingerprint density at radius 1 is 0.519 bits per heavy atom. The van der Waals surface area contributed by atoms with Crippen molar-refractivity contribution in [2.24, 2.45) is 0 Å². The standard InChI is InChI=1S/C49H32N4O/c1-4-15-31(16-5-1)36-24-14-25-39-44(36)38-29-34-21-10-11-22-35(34)30-41(38)53(39)40-27-28-43-45(37-23-12-13-26-42(37)54-43)46(40)49-51-47(32-17-6-2-7-18-32)50-48(52-49)33-19-8-3-9-20-33/h1-8,10-19,21-30H,9,20H2. The van der Waals surface area contributed by atoms with Gasteiger partial charge in [-0.1, -0.05) is 133 Å². The van der Waals surface area contributed by atoms with Crippen LogP contribution in [0.3, 0.4) is 0 Å². The van der Waals surface area contributed by atoms with Gasteiger partial charge in [0.15, 0.2) is 17.5 Å². The monoisotopic (exact) mass is 692 g/mol. The molecule has 0 aliphatic heterocycles. The van der Waals surface area contributed by atoms with Crippen molar-refractivity contribution in [3.8, 4) is 39.6 Å². The van der Waals surface area contributed by atoms with Gasteiger partial charge in [-0.25, -0.2) is 15.0 Å². The van der Waals surface area contributed by atoms with E-state index >= 15 is 0 Å². The molecule has 0 N–H and O–H groups in total. The Labute approximate surface area is 311 Å². The fourth-order valence-electron chi connectivity index (χ4n) is 8.23. The van der Waals surface area contributed by atoms with Crippen LogP contribution >= 0.6 is 0 Å². The highest BCUT2D eigenvalue weighted by Gasteiger charge is 2.25. The van der Waals surface area contributed by atoms with Crippen LogP contribution in [-0.4, -0.2) is 19.5 Å². The number of nitrogens with zero attached hydrogens (tertiary/aromatic N) is 4. The summed E-state index contributed by atoms with van der Waals surface area (Å²) in [6.45, 7) is 0. The average molecular weight is 693 g/mol. The molecule has 0 bridgehead atoms. The van der Waals surface area contributed by atoms with E-state index in [1.54, 1.807) is 0 Å². The maximum Gasteiger partial charge on any atom is 0.166 e. The van der Waals surface area contributed by atoms with Crippen LogP contribution in [0.4, 0.5) is 0 Å². The Morgan fingerprint density at radius 2 is 1.24 bits per heavy atom. The van der Waals surface area contributed by atoms with Gasteiger partial charge in [0.25, 0.3) is 0 Å². The van der Waals surface area contributed by atoms with E-state index in [1.807, 2.05) is 30.3 Å². The van der Waals surface area contributed by atoms with Crippen LogP contribution in [0.15, 0.2) is 174 Å². The normalized spacial score (nSPS) is 13.1. The van der Waals surface area contributed by atoms with Gasteiger partial charge in [0.1, 0.15) is 11.2 Å². The number of furan rings is 1. The first-order valence-electron chi connectivity index (χ1n) is 18.4. The number of hydrogen-bond donors (Lipinski definition) is 0. The van der Waals surface area contributed by atoms with Crippen molar-refractivity contribution in [3.05, 3.63) is 176 Å². The van der Waals surface area contributed by atoms with E-state index in [2.05, 4.69) is 144 Å². The lowest BCUT2D eigenvalue weighted by Gasteiger charge is -2.17. The zero-order valence-electron chi connectivity index (χ0n) is 29.3. The first-order valence-corrected chi connectivity index (χ1v) is 18.4. The minimum atomic E-state index is 0.608. The number of benzene rings is 7. The molecule has 0 saturated heterocycles. The van der Waals surface area contributed by atoms with Crippen molar-refractivity contribution >= 4 is 60.1 Å². The van der Waals surface area contributed by atoms with E-state index in [-0.39, 0.29) is 0 Å². The zero-order chi connectivity index (χ0) is 35.6. The highest BCUT2D eigenvalue weighted by molar-refractivity contribution is 6.20. The molecule has 0 unspecified atom stereocenters. The summed E-state index contributed by atoms with van der Waals surface area (Å²) in [6, 6.07) is 53.4. The largest absolute Gasteiger partial charge is 0.456 e. The third-order valence-corrected chi connectivity index (χ3v) is 10.7. The Bertz CT molecular complexity index is 3150. The molecule has 0 amide bonds. The molecule has 7 aromatic carbocycles. The summed E-state index contributed by atoms with van der Waals surface area (Å²) in [6.07, 6.45) is 8.24. The summed E-state index contributed by atoms with van der Waals surface area (Å²) >= 11 is 0. The number of fused-ring (bicyclic) bond motifs is 7. The molecule has 1 aliphatic carbocycles. The van der Waals surface area contributed by atoms with Crippen LogP contribution in [0.5, 0.6) is 0 Å². The topological polar surface area (TPSA) is 56.7 Å². The molecular formula is C49H32N4O. The van der Waals surface area contributed by atoms with Crippen molar-refractivity contribution in [1.29, 1.82) is 0 Å². The van der Waals surface area contributed by atoms with Crippen LogP contribution in [0.1, 0.15) is 18.7 Å². The lowest BCUT2D eigenvalue weighted by atomic mass is 9.98. The molecule has 0 atom stereocenters. The summed E-state index contributed by atoms with van der Waals surface area (Å²) in [5.74, 6) is 1.94. The first kappa shape index (κ1) is 30.5. The molecule has 10 aromatic rings. The number of hydrogen-bond acceptors (Lipinski definition) is 4. The molecule has 1 aliphatic rings. The maximum atomic E-state index is 6.56. The van der Waals surface area contributed by atoms with Crippen LogP contribution in [0, 0.1) is 0 Å². The van der Waals surface area contributed by atoms with Crippen LogP contribution in [0.2, 0.25) is 0 Å². The molecule has 5 heteroatoms. The van der Waals surface area contributed by atoms with Crippen LogP contribution in [-0.2, 0) is 0 Å². The second kappa shape index (κ2) is 12.2. The van der Waals surface area contributed by atoms with Crippen molar-refractivity contribution in [2.75, 3.05) is 0 Å². The zero-order valence-corrected chi connectivity index (χ0v) is 29.3. The molecule has 3 heterocycles. The van der Waals surface area contributed by atoms with Crippen LogP contribution in [0.25, 0.3) is 99.7 Å². The summed E-state index contributed by atoms with van der Waals surface area (Å²) in [7, 11) is 0. The van der Waals surface area contributed by atoms with Gasteiger partial charge in [-0.3, -0.25) is 0 Å². The number of aromatic nitrogens is 4. The Kier molecular flexibility index (Phi) is 6.92. The second-order valence-corrected chi connectivity index (χ2v) is 13.9. The fourth-order valence-corrected chi connectivity index (χ4v) is 8.23. The van der Waals surface area contributed by atoms with Crippen molar-refractivity contribution < 1.29 is 4.42 Å². The first-order chi connectivity index (χ1) is 26.8. The molecule has 0 radical (unpaired) electrons. The summed E-state index contributed by atoms with van der Waals surface area (Å²) in [4.78, 5) is 15.8. The van der Waals surface area contributed by atoms with E-state index in [4.69, 9.17) is 19.4 Å². The third kappa shape index (κ3) is 4.82. The molecular weight excluding hydrogens is 661 g/mol. The van der Waals surface area contributed by atoms with Crippen molar-refractivity contribution in [2.45, 2.75) is 12.8 Å². The smallest absolute Gasteiger partial charge is 0.166 e. The minimum absolute atomic E-state index is 0.608. The van der Waals surface area contributed by atoms with Gasteiger partial charge in [0, 0.05) is 27.1 Å². The second-order valence-electron chi connectivity index (χ2n) is 13.9. The predicted molar refractivity (Wildman–Crippen MR) is 222 cm³/mol.